The van der Waals surface area contributed by atoms with Crippen molar-refractivity contribution in [1.82, 2.24) is 4.90 Å². The molecule has 0 aromatic heterocycles. The molecule has 0 saturated heterocycles. The largest absolute Gasteiger partial charge is 0.326 e. The van der Waals surface area contributed by atoms with Gasteiger partial charge < -0.3 is 10.6 Å². The maximum Gasteiger partial charge on any atom is 0.0408 e. The predicted molar refractivity (Wildman–Crippen MR) is 70.9 cm³/mol. The van der Waals surface area contributed by atoms with Crippen LogP contribution in [0.15, 0.2) is 24.3 Å². The van der Waals surface area contributed by atoms with Gasteiger partial charge in [-0.25, -0.2) is 0 Å². The summed E-state index contributed by atoms with van der Waals surface area (Å²) in [7, 11) is 4.11. The Balaban J connectivity index is 2.75. The van der Waals surface area contributed by atoms with Crippen molar-refractivity contribution in [2.24, 2.45) is 5.73 Å². The zero-order valence-corrected chi connectivity index (χ0v) is 11.3. The summed E-state index contributed by atoms with van der Waals surface area (Å²) in [5.74, 6) is 0. The lowest BCUT2D eigenvalue weighted by atomic mass is 9.89. The van der Waals surface area contributed by atoms with Crippen LogP contribution in [0.5, 0.6) is 0 Å². The quantitative estimate of drug-likeness (QED) is 0.877. The fourth-order valence-electron chi connectivity index (χ4n) is 1.50. The Kier molecular flexibility index (Phi) is 4.36. The van der Waals surface area contributed by atoms with Crippen LogP contribution in [0.4, 0.5) is 0 Å². The third-order valence-corrected chi connectivity index (χ3v) is 3.64. The summed E-state index contributed by atoms with van der Waals surface area (Å²) in [6, 6.07) is 7.98. The Morgan fingerprint density at radius 3 is 2.50 bits per heavy atom. The van der Waals surface area contributed by atoms with Crippen LogP contribution in [0.3, 0.4) is 0 Å². The standard InChI is InChI=1S/C13H21ClN2/c1-13(2,16(3)4)12(15)9-10-6-5-7-11(14)8-10/h5-8,12H,9,15H2,1-4H3. The Hall–Kier alpha value is -0.570. The first-order valence-electron chi connectivity index (χ1n) is 5.51. The van der Waals surface area contributed by atoms with Crippen LogP contribution < -0.4 is 5.73 Å². The van der Waals surface area contributed by atoms with E-state index < -0.39 is 0 Å². The lowest BCUT2D eigenvalue weighted by Gasteiger charge is -2.38. The smallest absolute Gasteiger partial charge is 0.0408 e. The first-order valence-corrected chi connectivity index (χ1v) is 5.89. The van der Waals surface area contributed by atoms with Crippen molar-refractivity contribution >= 4 is 11.6 Å². The zero-order valence-electron chi connectivity index (χ0n) is 10.5. The van der Waals surface area contributed by atoms with Crippen molar-refractivity contribution in [3.8, 4) is 0 Å². The van der Waals surface area contributed by atoms with Gasteiger partial charge in [0.25, 0.3) is 0 Å². The third kappa shape index (κ3) is 3.21. The normalized spacial score (nSPS) is 14.2. The molecule has 1 aromatic carbocycles. The summed E-state index contributed by atoms with van der Waals surface area (Å²) in [4.78, 5) is 2.15. The summed E-state index contributed by atoms with van der Waals surface area (Å²) in [6.45, 7) is 4.31. The van der Waals surface area contributed by atoms with Crippen LogP contribution in [0, 0.1) is 0 Å². The molecular weight excluding hydrogens is 220 g/mol. The maximum absolute atomic E-state index is 6.25. The lowest BCUT2D eigenvalue weighted by Crippen LogP contribution is -2.54. The maximum atomic E-state index is 6.25. The molecule has 90 valence electrons. The minimum atomic E-state index is -0.0255. The highest BCUT2D eigenvalue weighted by molar-refractivity contribution is 6.30. The van der Waals surface area contributed by atoms with E-state index in [2.05, 4.69) is 38.9 Å². The SMILES string of the molecule is CN(C)C(C)(C)C(N)Cc1cccc(Cl)c1. The molecule has 2 nitrogen and oxygen atoms in total. The molecule has 0 fully saturated rings. The number of halogens is 1. The first kappa shape index (κ1) is 13.5. The summed E-state index contributed by atoms with van der Waals surface area (Å²) in [5, 5.41) is 0.771. The monoisotopic (exact) mass is 240 g/mol. The summed E-state index contributed by atoms with van der Waals surface area (Å²) >= 11 is 5.95. The second kappa shape index (κ2) is 5.17. The molecule has 1 atom stereocenters. The van der Waals surface area contributed by atoms with Gasteiger partial charge >= 0.3 is 0 Å². The van der Waals surface area contributed by atoms with Crippen molar-refractivity contribution in [1.29, 1.82) is 0 Å². The van der Waals surface area contributed by atoms with Crippen LogP contribution in [-0.2, 0) is 6.42 Å². The Morgan fingerprint density at radius 2 is 2.00 bits per heavy atom. The third-order valence-electron chi connectivity index (χ3n) is 3.40. The molecule has 1 unspecified atom stereocenters. The molecule has 0 spiro atoms. The van der Waals surface area contributed by atoms with Gasteiger partial charge in [-0.3, -0.25) is 0 Å². The molecule has 0 aliphatic rings. The van der Waals surface area contributed by atoms with Gasteiger partial charge in [0.15, 0.2) is 0 Å². The average molecular weight is 241 g/mol. The predicted octanol–water partition coefficient (Wildman–Crippen LogP) is 2.55. The molecule has 0 heterocycles. The van der Waals surface area contributed by atoms with Gasteiger partial charge in [-0.05, 0) is 52.1 Å². The van der Waals surface area contributed by atoms with Crippen molar-refractivity contribution in [3.63, 3.8) is 0 Å². The van der Waals surface area contributed by atoms with Gasteiger partial charge in [-0.15, -0.1) is 0 Å². The van der Waals surface area contributed by atoms with Crippen LogP contribution in [0.25, 0.3) is 0 Å². The fraction of sp³-hybridized carbons (Fsp3) is 0.538. The summed E-state index contributed by atoms with van der Waals surface area (Å²) < 4.78 is 0. The van der Waals surface area contributed by atoms with E-state index in [0.29, 0.717) is 0 Å². The van der Waals surface area contributed by atoms with E-state index in [9.17, 15) is 0 Å². The van der Waals surface area contributed by atoms with E-state index in [1.54, 1.807) is 0 Å². The highest BCUT2D eigenvalue weighted by Crippen LogP contribution is 2.19. The van der Waals surface area contributed by atoms with E-state index in [4.69, 9.17) is 17.3 Å². The zero-order chi connectivity index (χ0) is 12.3. The molecule has 0 aliphatic carbocycles. The molecule has 3 heteroatoms. The van der Waals surface area contributed by atoms with Gasteiger partial charge in [0.05, 0.1) is 0 Å². The van der Waals surface area contributed by atoms with Crippen LogP contribution >= 0.6 is 11.6 Å². The molecule has 0 radical (unpaired) electrons. The number of hydrogen-bond donors (Lipinski definition) is 1. The highest BCUT2D eigenvalue weighted by atomic mass is 35.5. The molecule has 0 amide bonds. The molecule has 0 saturated carbocycles. The number of likely N-dealkylation sites (N-methyl/N-ethyl adjacent to an activating group) is 1. The van der Waals surface area contributed by atoms with E-state index in [1.807, 2.05) is 18.2 Å². The topological polar surface area (TPSA) is 29.3 Å². The Bertz CT molecular complexity index is 348. The number of rotatable bonds is 4. The lowest BCUT2D eigenvalue weighted by molar-refractivity contribution is 0.158. The van der Waals surface area contributed by atoms with E-state index in [1.165, 1.54) is 5.56 Å². The molecule has 0 aliphatic heterocycles. The van der Waals surface area contributed by atoms with Gasteiger partial charge in [-0.1, -0.05) is 23.7 Å². The second-order valence-corrected chi connectivity index (χ2v) is 5.43. The van der Waals surface area contributed by atoms with E-state index >= 15 is 0 Å². The van der Waals surface area contributed by atoms with Gasteiger partial charge in [0.2, 0.25) is 0 Å². The van der Waals surface area contributed by atoms with Crippen LogP contribution in [-0.4, -0.2) is 30.6 Å². The molecule has 1 rings (SSSR count). The van der Waals surface area contributed by atoms with Crippen LogP contribution in [0.2, 0.25) is 5.02 Å². The van der Waals surface area contributed by atoms with E-state index in [-0.39, 0.29) is 11.6 Å². The summed E-state index contributed by atoms with van der Waals surface area (Å²) in [5.41, 5.74) is 7.41. The number of nitrogens with zero attached hydrogens (tertiary/aromatic N) is 1. The van der Waals surface area contributed by atoms with Crippen molar-refractivity contribution < 1.29 is 0 Å². The number of hydrogen-bond acceptors (Lipinski definition) is 2. The first-order chi connectivity index (χ1) is 7.34. The molecule has 0 bridgehead atoms. The minimum absolute atomic E-state index is 0.0255. The Morgan fingerprint density at radius 1 is 1.38 bits per heavy atom. The second-order valence-electron chi connectivity index (χ2n) is 4.99. The van der Waals surface area contributed by atoms with Crippen molar-refractivity contribution in [3.05, 3.63) is 34.9 Å². The Labute approximate surface area is 103 Å². The minimum Gasteiger partial charge on any atom is -0.326 e. The van der Waals surface area contributed by atoms with Crippen molar-refractivity contribution in [2.75, 3.05) is 14.1 Å². The molecule has 16 heavy (non-hydrogen) atoms. The number of benzene rings is 1. The van der Waals surface area contributed by atoms with Gasteiger partial charge in [-0.2, -0.15) is 0 Å². The average Bonchev–Trinajstić information content (AvgIpc) is 2.17. The van der Waals surface area contributed by atoms with Crippen LogP contribution in [0.1, 0.15) is 19.4 Å². The van der Waals surface area contributed by atoms with Crippen molar-refractivity contribution in [2.45, 2.75) is 31.8 Å². The molecular formula is C13H21ClN2. The molecule has 2 N–H and O–H groups in total. The van der Waals surface area contributed by atoms with Gasteiger partial charge in [0.1, 0.15) is 0 Å². The van der Waals surface area contributed by atoms with E-state index in [0.717, 1.165) is 11.4 Å². The molecule has 1 aromatic rings. The number of nitrogens with two attached hydrogens (primary N) is 1. The summed E-state index contributed by atoms with van der Waals surface area (Å²) in [6.07, 6.45) is 0.839. The van der Waals surface area contributed by atoms with Gasteiger partial charge in [0, 0.05) is 16.6 Å². The fourth-order valence-corrected chi connectivity index (χ4v) is 1.71. The highest BCUT2D eigenvalue weighted by Gasteiger charge is 2.28.